The van der Waals surface area contributed by atoms with Crippen molar-refractivity contribution >= 4 is 28.6 Å². The Bertz CT molecular complexity index is 772. The average Bonchev–Trinajstić information content (AvgIpc) is 2.71. The summed E-state index contributed by atoms with van der Waals surface area (Å²) >= 11 is 2.27. The highest BCUT2D eigenvalue weighted by Crippen LogP contribution is 2.49. The molecule has 2 aromatic carbocycles. The van der Waals surface area contributed by atoms with Crippen molar-refractivity contribution in [3.05, 3.63) is 69.3 Å². The van der Waals surface area contributed by atoms with E-state index in [4.69, 9.17) is 0 Å². The Morgan fingerprint density at radius 2 is 1.65 bits per heavy atom. The third kappa shape index (κ3) is 2.86. The number of carbonyl (C=O) groups excluding carboxylic acids is 1. The molecule has 0 spiro atoms. The Morgan fingerprint density at radius 1 is 1.04 bits per heavy atom. The number of carbonyl (C=O) groups is 1. The number of nitrogens with zero attached hydrogens (tertiary/aromatic N) is 1. The van der Waals surface area contributed by atoms with Crippen molar-refractivity contribution in [1.29, 1.82) is 0 Å². The van der Waals surface area contributed by atoms with Gasteiger partial charge in [-0.3, -0.25) is 4.89 Å². The van der Waals surface area contributed by atoms with Gasteiger partial charge in [-0.15, -0.1) is 0 Å². The molecule has 0 aliphatic carbocycles. The Kier molecular flexibility index (Phi) is 5.03. The molecule has 0 aromatic heterocycles. The minimum Gasteiger partial charge on any atom is -0.303 e. The second-order valence-corrected chi connectivity index (χ2v) is 8.55. The van der Waals surface area contributed by atoms with Crippen LogP contribution in [-0.4, -0.2) is 35.8 Å². The SMILES string of the molecule is O=C(OO)C(c1ccccc1)(c1ccc(I)cc1)C1CN2CCC1CC2. The summed E-state index contributed by atoms with van der Waals surface area (Å²) in [6.07, 6.45) is 2.17. The molecule has 3 fully saturated rings. The van der Waals surface area contributed by atoms with Gasteiger partial charge in [-0.2, -0.15) is 5.26 Å². The quantitative estimate of drug-likeness (QED) is 0.424. The Labute approximate surface area is 167 Å². The summed E-state index contributed by atoms with van der Waals surface area (Å²) < 4.78 is 1.11. The normalized spacial score (nSPS) is 26.9. The molecule has 4 nitrogen and oxygen atoms in total. The molecule has 2 aromatic rings. The maximum atomic E-state index is 13.2. The highest BCUT2D eigenvalue weighted by atomic mass is 127. The number of fused-ring (bicyclic) bond motifs is 3. The molecule has 3 aliphatic rings. The second-order valence-electron chi connectivity index (χ2n) is 7.30. The van der Waals surface area contributed by atoms with E-state index < -0.39 is 11.4 Å². The van der Waals surface area contributed by atoms with Crippen LogP contribution in [0, 0.1) is 15.4 Å². The Balaban J connectivity index is 1.94. The summed E-state index contributed by atoms with van der Waals surface area (Å²) in [7, 11) is 0. The lowest BCUT2D eigenvalue weighted by Crippen LogP contribution is -2.58. The van der Waals surface area contributed by atoms with Crippen molar-refractivity contribution in [1.82, 2.24) is 4.90 Å². The van der Waals surface area contributed by atoms with Crippen LogP contribution in [-0.2, 0) is 15.1 Å². The third-order valence-electron chi connectivity index (χ3n) is 6.15. The van der Waals surface area contributed by atoms with Crippen molar-refractivity contribution in [3.63, 3.8) is 0 Å². The van der Waals surface area contributed by atoms with Crippen LogP contribution in [0.1, 0.15) is 24.0 Å². The molecule has 1 N–H and O–H groups in total. The van der Waals surface area contributed by atoms with Crippen LogP contribution >= 0.6 is 22.6 Å². The molecule has 0 radical (unpaired) electrons. The largest absolute Gasteiger partial charge is 0.357 e. The number of halogens is 1. The molecular formula is C21H22INO3. The van der Waals surface area contributed by atoms with E-state index in [0.29, 0.717) is 5.92 Å². The van der Waals surface area contributed by atoms with E-state index in [1.165, 1.54) is 0 Å². The summed E-state index contributed by atoms with van der Waals surface area (Å²) in [6.45, 7) is 3.03. The van der Waals surface area contributed by atoms with Gasteiger partial charge in [-0.25, -0.2) is 4.79 Å². The number of hydrogen-bond donors (Lipinski definition) is 1. The zero-order valence-corrected chi connectivity index (χ0v) is 16.6. The van der Waals surface area contributed by atoms with Crippen molar-refractivity contribution in [2.45, 2.75) is 18.3 Å². The summed E-state index contributed by atoms with van der Waals surface area (Å²) in [5.74, 6) is -0.0608. The molecule has 5 heteroatoms. The van der Waals surface area contributed by atoms with Crippen LogP contribution in [0.5, 0.6) is 0 Å². The van der Waals surface area contributed by atoms with Gasteiger partial charge in [0.25, 0.3) is 0 Å². The monoisotopic (exact) mass is 463 g/mol. The molecule has 0 saturated carbocycles. The van der Waals surface area contributed by atoms with Gasteiger partial charge in [0.15, 0.2) is 0 Å². The van der Waals surface area contributed by atoms with Gasteiger partial charge < -0.3 is 4.90 Å². The molecular weight excluding hydrogens is 441 g/mol. The predicted octanol–water partition coefficient (Wildman–Crippen LogP) is 3.94. The molecule has 2 atom stereocenters. The van der Waals surface area contributed by atoms with Crippen molar-refractivity contribution in [2.24, 2.45) is 11.8 Å². The summed E-state index contributed by atoms with van der Waals surface area (Å²) in [6, 6.07) is 17.8. The topological polar surface area (TPSA) is 49.8 Å². The fourth-order valence-corrected chi connectivity index (χ4v) is 5.28. The standard InChI is InChI=1S/C21H22INO3/c22-18-8-6-17(7-9-18)21(20(24)26-25,16-4-2-1-3-5-16)19-14-23-12-10-15(19)11-13-23/h1-9,15,19,25H,10-14H2. The highest BCUT2D eigenvalue weighted by molar-refractivity contribution is 14.1. The van der Waals surface area contributed by atoms with Gasteiger partial charge in [-0.05, 0) is 83.6 Å². The number of piperidine rings is 3. The lowest BCUT2D eigenvalue weighted by molar-refractivity contribution is -0.243. The van der Waals surface area contributed by atoms with Crippen LogP contribution in [0.25, 0.3) is 0 Å². The summed E-state index contributed by atoms with van der Waals surface area (Å²) in [4.78, 5) is 20.1. The maximum absolute atomic E-state index is 13.2. The van der Waals surface area contributed by atoms with Gasteiger partial charge in [-0.1, -0.05) is 42.5 Å². The molecule has 2 bridgehead atoms. The molecule has 2 unspecified atom stereocenters. The first-order valence-corrected chi connectivity index (χ1v) is 10.1. The fourth-order valence-electron chi connectivity index (χ4n) is 4.92. The number of rotatable bonds is 4. The van der Waals surface area contributed by atoms with Crippen molar-refractivity contribution in [2.75, 3.05) is 19.6 Å². The minimum absolute atomic E-state index is 0.0760. The smallest absolute Gasteiger partial charge is 0.303 e. The summed E-state index contributed by atoms with van der Waals surface area (Å²) in [5, 5.41) is 9.48. The van der Waals surface area contributed by atoms with E-state index in [9.17, 15) is 10.1 Å². The Morgan fingerprint density at radius 3 is 2.19 bits per heavy atom. The van der Waals surface area contributed by atoms with E-state index in [0.717, 1.165) is 47.2 Å². The van der Waals surface area contributed by atoms with E-state index in [2.05, 4.69) is 32.4 Å². The molecule has 3 aliphatic heterocycles. The fraction of sp³-hybridized carbons (Fsp3) is 0.381. The number of benzene rings is 2. The number of hydrogen-bond acceptors (Lipinski definition) is 4. The van der Waals surface area contributed by atoms with Crippen LogP contribution in [0.2, 0.25) is 0 Å². The van der Waals surface area contributed by atoms with E-state index >= 15 is 0 Å². The zero-order valence-electron chi connectivity index (χ0n) is 14.5. The second kappa shape index (κ2) is 7.29. The first-order valence-electron chi connectivity index (χ1n) is 9.06. The van der Waals surface area contributed by atoms with Gasteiger partial charge >= 0.3 is 5.97 Å². The molecule has 26 heavy (non-hydrogen) atoms. The van der Waals surface area contributed by atoms with E-state index in [1.54, 1.807) is 0 Å². The third-order valence-corrected chi connectivity index (χ3v) is 6.87. The van der Waals surface area contributed by atoms with Crippen LogP contribution in [0.4, 0.5) is 0 Å². The first kappa shape index (κ1) is 17.9. The highest BCUT2D eigenvalue weighted by Gasteiger charge is 2.55. The Hall–Kier alpha value is -1.44. The van der Waals surface area contributed by atoms with E-state index in [1.807, 2.05) is 54.6 Å². The lowest BCUT2D eigenvalue weighted by Gasteiger charge is -2.52. The molecule has 3 saturated heterocycles. The van der Waals surface area contributed by atoms with Crippen molar-refractivity contribution < 1.29 is 14.9 Å². The lowest BCUT2D eigenvalue weighted by atomic mass is 9.58. The zero-order chi connectivity index (χ0) is 18.1. The molecule has 3 heterocycles. The van der Waals surface area contributed by atoms with Gasteiger partial charge in [0.05, 0.1) is 0 Å². The van der Waals surface area contributed by atoms with E-state index in [-0.39, 0.29) is 5.92 Å². The average molecular weight is 463 g/mol. The summed E-state index contributed by atoms with van der Waals surface area (Å²) in [5.41, 5.74) is 0.783. The van der Waals surface area contributed by atoms with Gasteiger partial charge in [0, 0.05) is 10.1 Å². The van der Waals surface area contributed by atoms with Gasteiger partial charge in [0.2, 0.25) is 0 Å². The van der Waals surface area contributed by atoms with Crippen LogP contribution in [0.15, 0.2) is 54.6 Å². The predicted molar refractivity (Wildman–Crippen MR) is 108 cm³/mol. The molecule has 0 amide bonds. The van der Waals surface area contributed by atoms with Gasteiger partial charge in [0.1, 0.15) is 5.41 Å². The molecule has 5 rings (SSSR count). The van der Waals surface area contributed by atoms with Crippen LogP contribution < -0.4 is 0 Å². The minimum atomic E-state index is -0.996. The first-order chi connectivity index (χ1) is 12.7. The molecule has 136 valence electrons. The van der Waals surface area contributed by atoms with Crippen LogP contribution in [0.3, 0.4) is 0 Å². The maximum Gasteiger partial charge on any atom is 0.357 e. The van der Waals surface area contributed by atoms with Crippen molar-refractivity contribution in [3.8, 4) is 0 Å².